The SMILES string of the molecule is C.C.CCn1nnc2c(C)c(C(CC(=O)O)c3ccc4c(c3)CN(C(=O)c3cc(Cl)cc(Cl)c3)CC4)ccc21.CCn1nnc2c(C)c(C(CC(=O)OC)c3ccc4c(c3)CNCC4)ccc21.O=C(O)c1cc(Cl)cc(Cl)c1. The molecule has 2 aliphatic heterocycles. The molecule has 0 saturated heterocycles. The minimum absolute atomic E-state index is 0. The van der Waals surface area contributed by atoms with E-state index in [4.69, 9.17) is 56.2 Å². The van der Waals surface area contributed by atoms with E-state index in [1.165, 1.54) is 36.4 Å². The third-order valence-electron chi connectivity index (χ3n) is 14.0. The van der Waals surface area contributed by atoms with Gasteiger partial charge in [0.1, 0.15) is 11.0 Å². The smallest absolute Gasteiger partial charge is 0.335 e. The zero-order chi connectivity index (χ0) is 54.4. The molecule has 78 heavy (non-hydrogen) atoms. The van der Waals surface area contributed by atoms with Crippen molar-refractivity contribution in [3.8, 4) is 0 Å². The number of aliphatic carboxylic acids is 1. The van der Waals surface area contributed by atoms with Gasteiger partial charge in [-0.05, 0) is 151 Å². The van der Waals surface area contributed by atoms with Crippen LogP contribution in [-0.2, 0) is 53.3 Å². The van der Waals surface area contributed by atoms with Crippen LogP contribution in [0.5, 0.6) is 0 Å². The van der Waals surface area contributed by atoms with E-state index in [-0.39, 0.29) is 50.5 Å². The zero-order valence-electron chi connectivity index (χ0n) is 42.5. The molecule has 4 heterocycles. The molecule has 410 valence electrons. The number of nitrogens with one attached hydrogen (secondary N) is 1. The highest BCUT2D eigenvalue weighted by molar-refractivity contribution is 6.35. The highest BCUT2D eigenvalue weighted by atomic mass is 35.5. The molecule has 0 spiro atoms. The summed E-state index contributed by atoms with van der Waals surface area (Å²) >= 11 is 23.3. The monoisotopic (exact) mass is 1140 g/mol. The largest absolute Gasteiger partial charge is 0.481 e. The van der Waals surface area contributed by atoms with E-state index < -0.39 is 11.9 Å². The number of carboxylic acids is 2. The predicted molar refractivity (Wildman–Crippen MR) is 309 cm³/mol. The van der Waals surface area contributed by atoms with Crippen LogP contribution >= 0.6 is 46.4 Å². The molecule has 1 amide bonds. The number of benzene rings is 6. The van der Waals surface area contributed by atoms with Crippen LogP contribution in [0.3, 0.4) is 0 Å². The highest BCUT2D eigenvalue weighted by Gasteiger charge is 2.28. The highest BCUT2D eigenvalue weighted by Crippen LogP contribution is 2.37. The topological polar surface area (TPSA) is 195 Å². The standard InChI is InChI=1S/C28H26Cl2N4O3.C22H26N4O2.C7H4Cl2O2.2CH4/c1-3-34-25-7-6-23(16(2)27(25)31-32-34)24(14-26(35)36)18-5-4-17-8-9-33(15-20(17)10-18)28(37)19-11-21(29)13-22(30)12-19;1-4-26-20-8-7-18(14(2)22(20)24-25-26)19(12-21(27)28-3)16-6-5-15-9-10-23-13-17(15)11-16;8-5-1-4(7(10)11)2-6(9)3-5;;/h4-7,10-13,24H,3,8-9,14-15H2,1-2H3,(H,35,36);5-8,11,19,23H,4,9-10,12-13H2,1-3H3;1-3H,(H,10,11);2*1H4. The lowest BCUT2D eigenvalue weighted by Gasteiger charge is -2.30. The van der Waals surface area contributed by atoms with Crippen molar-refractivity contribution in [3.05, 3.63) is 184 Å². The van der Waals surface area contributed by atoms with Gasteiger partial charge in [-0.15, -0.1) is 10.2 Å². The summed E-state index contributed by atoms with van der Waals surface area (Å²) in [6, 6.07) is 29.8. The normalized spacial score (nSPS) is 13.3. The van der Waals surface area contributed by atoms with Crippen molar-refractivity contribution in [3.63, 3.8) is 0 Å². The van der Waals surface area contributed by atoms with E-state index in [0.29, 0.717) is 58.1 Å². The Balaban J connectivity index is 0.000000212. The fourth-order valence-electron chi connectivity index (χ4n) is 10.0. The summed E-state index contributed by atoms with van der Waals surface area (Å²) in [7, 11) is 1.44. The molecule has 0 bridgehead atoms. The molecule has 10 rings (SSSR count). The summed E-state index contributed by atoms with van der Waals surface area (Å²) < 4.78 is 8.73. The fraction of sp³-hybridized carbons (Fsp3) is 0.322. The van der Waals surface area contributed by atoms with Gasteiger partial charge in [-0.3, -0.25) is 14.4 Å². The van der Waals surface area contributed by atoms with Crippen LogP contribution in [0.2, 0.25) is 20.1 Å². The third kappa shape index (κ3) is 13.7. The summed E-state index contributed by atoms with van der Waals surface area (Å²) in [5, 5.41) is 40.4. The number of esters is 1. The van der Waals surface area contributed by atoms with Gasteiger partial charge in [0, 0.05) is 70.2 Å². The van der Waals surface area contributed by atoms with Gasteiger partial charge >= 0.3 is 17.9 Å². The van der Waals surface area contributed by atoms with Crippen molar-refractivity contribution in [2.45, 2.75) is 106 Å². The summed E-state index contributed by atoms with van der Waals surface area (Å²) in [4.78, 5) is 49.5. The van der Waals surface area contributed by atoms with Crippen LogP contribution in [0.15, 0.2) is 97.1 Å². The molecule has 0 fully saturated rings. The summed E-state index contributed by atoms with van der Waals surface area (Å²) in [6.45, 7) is 12.5. The number of nitrogens with zero attached hydrogens (tertiary/aromatic N) is 7. The van der Waals surface area contributed by atoms with Gasteiger partial charge in [0.15, 0.2) is 0 Å². The second-order valence-electron chi connectivity index (χ2n) is 18.7. The molecule has 3 N–H and O–H groups in total. The minimum Gasteiger partial charge on any atom is -0.481 e. The number of aromatic carboxylic acids is 1. The van der Waals surface area contributed by atoms with E-state index in [1.54, 1.807) is 23.1 Å². The van der Waals surface area contributed by atoms with Crippen molar-refractivity contribution in [2.75, 3.05) is 20.2 Å². The number of ether oxygens (including phenoxy) is 1. The Bertz CT molecular complexity index is 3470. The lowest BCUT2D eigenvalue weighted by molar-refractivity contribution is -0.141. The number of rotatable bonds is 12. The van der Waals surface area contributed by atoms with E-state index in [0.717, 1.165) is 92.6 Å². The quantitative estimate of drug-likeness (QED) is 0.0981. The molecule has 2 aliphatic rings. The summed E-state index contributed by atoms with van der Waals surface area (Å²) in [6.07, 6.45) is 2.00. The average molecular weight is 1140 g/mol. The Hall–Kier alpha value is -6.88. The molecule has 0 saturated carbocycles. The van der Waals surface area contributed by atoms with Crippen LogP contribution in [0.4, 0.5) is 0 Å². The van der Waals surface area contributed by atoms with Gasteiger partial charge in [0.05, 0.1) is 36.5 Å². The third-order valence-corrected chi connectivity index (χ3v) is 14.8. The fourth-order valence-corrected chi connectivity index (χ4v) is 11.1. The Morgan fingerprint density at radius 3 is 1.60 bits per heavy atom. The molecule has 0 radical (unpaired) electrons. The second kappa shape index (κ2) is 26.6. The number of aromatic nitrogens is 6. The predicted octanol–water partition coefficient (Wildman–Crippen LogP) is 12.9. The lowest BCUT2D eigenvalue weighted by Crippen LogP contribution is -2.36. The Kier molecular flexibility index (Phi) is 20.6. The number of fused-ring (bicyclic) bond motifs is 4. The van der Waals surface area contributed by atoms with Crippen molar-refractivity contribution >= 4 is 92.3 Å². The maximum absolute atomic E-state index is 13.2. The van der Waals surface area contributed by atoms with Crippen molar-refractivity contribution in [1.82, 2.24) is 40.2 Å². The van der Waals surface area contributed by atoms with Gasteiger partial charge in [-0.2, -0.15) is 0 Å². The van der Waals surface area contributed by atoms with E-state index in [9.17, 15) is 24.3 Å². The van der Waals surface area contributed by atoms with Gasteiger partial charge in [-0.1, -0.05) is 120 Å². The first kappa shape index (κ1) is 60.4. The number of amides is 1. The Morgan fingerprint density at radius 2 is 1.12 bits per heavy atom. The first-order chi connectivity index (χ1) is 36.5. The molecule has 2 atom stereocenters. The number of aryl methyl sites for hydroxylation is 4. The Morgan fingerprint density at radius 1 is 0.628 bits per heavy atom. The number of hydrogen-bond donors (Lipinski definition) is 3. The average Bonchev–Trinajstić information content (AvgIpc) is 4.04. The molecule has 0 aliphatic carbocycles. The van der Waals surface area contributed by atoms with Crippen molar-refractivity contribution in [1.29, 1.82) is 0 Å². The first-order valence-corrected chi connectivity index (χ1v) is 26.3. The number of carbonyl (C=O) groups is 4. The summed E-state index contributed by atoms with van der Waals surface area (Å²) in [5.74, 6) is -2.70. The van der Waals surface area contributed by atoms with Crippen LogP contribution < -0.4 is 5.32 Å². The molecule has 8 aromatic rings. The molecule has 2 aromatic heterocycles. The number of carboxylic acid groups (broad SMARTS) is 2. The molecule has 15 nitrogen and oxygen atoms in total. The number of halogens is 4. The van der Waals surface area contributed by atoms with Gasteiger partial charge < -0.3 is 25.2 Å². The second-order valence-corrected chi connectivity index (χ2v) is 20.4. The van der Waals surface area contributed by atoms with Crippen LogP contribution in [-0.4, -0.2) is 89.1 Å². The van der Waals surface area contributed by atoms with Crippen molar-refractivity contribution in [2.24, 2.45) is 0 Å². The van der Waals surface area contributed by atoms with E-state index in [1.807, 2.05) is 47.5 Å². The summed E-state index contributed by atoms with van der Waals surface area (Å²) in [5.41, 5.74) is 15.1. The number of methoxy groups -OCH3 is 1. The van der Waals surface area contributed by atoms with E-state index >= 15 is 0 Å². The molecular weight excluding hydrogens is 1070 g/mol. The Labute approximate surface area is 474 Å². The first-order valence-electron chi connectivity index (χ1n) is 24.8. The molecular formula is C59H64Cl4N8O7. The minimum atomic E-state index is -1.03. The number of hydrogen-bond acceptors (Lipinski definition) is 10. The molecule has 6 aromatic carbocycles. The zero-order valence-corrected chi connectivity index (χ0v) is 45.6. The van der Waals surface area contributed by atoms with E-state index in [2.05, 4.69) is 76.2 Å². The van der Waals surface area contributed by atoms with Crippen LogP contribution in [0, 0.1) is 13.8 Å². The van der Waals surface area contributed by atoms with Gasteiger partial charge in [0.25, 0.3) is 5.91 Å². The molecule has 2 unspecified atom stereocenters. The van der Waals surface area contributed by atoms with Crippen LogP contribution in [0.25, 0.3) is 22.1 Å². The maximum Gasteiger partial charge on any atom is 0.335 e. The lowest BCUT2D eigenvalue weighted by atomic mass is 9.83. The van der Waals surface area contributed by atoms with Crippen molar-refractivity contribution < 1.29 is 34.1 Å². The van der Waals surface area contributed by atoms with Crippen LogP contribution in [0.1, 0.15) is 130 Å². The van der Waals surface area contributed by atoms with Gasteiger partial charge in [-0.25, -0.2) is 14.2 Å². The van der Waals surface area contributed by atoms with Gasteiger partial charge in [0.2, 0.25) is 0 Å². The molecule has 19 heteroatoms. The number of carbonyl (C=O) groups excluding carboxylic acids is 2. The maximum atomic E-state index is 13.2.